The molecule has 0 unspecified atom stereocenters. The van der Waals surface area contributed by atoms with Crippen molar-refractivity contribution < 1.29 is 9.53 Å². The molecule has 7 heteroatoms. The van der Waals surface area contributed by atoms with Crippen molar-refractivity contribution in [3.05, 3.63) is 53.4 Å². The number of aliphatic imine (C=N–C) groups is 1. The van der Waals surface area contributed by atoms with Gasteiger partial charge in [-0.2, -0.15) is 0 Å². The molecule has 0 saturated carbocycles. The Balaban J connectivity index is 2.45. The van der Waals surface area contributed by atoms with E-state index in [9.17, 15) is 4.79 Å². The Morgan fingerprint density at radius 3 is 2.75 bits per heavy atom. The molecule has 0 radical (unpaired) electrons. The number of nitrogens with zero attached hydrogens (tertiary/aromatic N) is 4. The highest BCUT2D eigenvalue weighted by Crippen LogP contribution is 2.41. The fourth-order valence-corrected chi connectivity index (χ4v) is 3.50. The molecule has 28 heavy (non-hydrogen) atoms. The number of aldehydes is 1. The number of fused-ring (bicyclic) bond motifs is 1. The summed E-state index contributed by atoms with van der Waals surface area (Å²) in [4.78, 5) is 26.1. The summed E-state index contributed by atoms with van der Waals surface area (Å²) in [5.74, 6) is 0.565. The largest absolute Gasteiger partial charge is 0.497 e. The molecule has 0 aliphatic rings. The zero-order valence-electron chi connectivity index (χ0n) is 17.0. The van der Waals surface area contributed by atoms with Gasteiger partial charge < -0.3 is 14.5 Å². The lowest BCUT2D eigenvalue weighted by Crippen LogP contribution is -2.16. The third kappa shape index (κ3) is 4.67. The highest BCUT2D eigenvalue weighted by molar-refractivity contribution is 7.21. The minimum absolute atomic E-state index is 0.564. The molecule has 0 saturated heterocycles. The lowest BCUT2D eigenvalue weighted by atomic mass is 10.2. The minimum Gasteiger partial charge on any atom is -0.497 e. The predicted octanol–water partition coefficient (Wildman–Crippen LogP) is 4.78. The van der Waals surface area contributed by atoms with Gasteiger partial charge in [-0.05, 0) is 32.1 Å². The summed E-state index contributed by atoms with van der Waals surface area (Å²) in [7, 11) is 5.48. The summed E-state index contributed by atoms with van der Waals surface area (Å²) < 4.78 is 5.06. The van der Waals surface area contributed by atoms with Crippen LogP contribution in [0.2, 0.25) is 0 Å². The van der Waals surface area contributed by atoms with E-state index in [1.807, 2.05) is 44.1 Å². The van der Waals surface area contributed by atoms with E-state index in [1.165, 1.54) is 11.3 Å². The van der Waals surface area contributed by atoms with Crippen LogP contribution in [0.3, 0.4) is 0 Å². The second-order valence-corrected chi connectivity index (χ2v) is 7.06. The normalized spacial score (nSPS) is 12.1. The molecular weight excluding hydrogens is 372 g/mol. The molecule has 0 aliphatic heterocycles. The van der Waals surface area contributed by atoms with Crippen LogP contribution in [-0.2, 0) is 4.74 Å². The van der Waals surface area contributed by atoms with Gasteiger partial charge in [-0.15, -0.1) is 11.3 Å². The van der Waals surface area contributed by atoms with E-state index in [-0.39, 0.29) is 0 Å². The summed E-state index contributed by atoms with van der Waals surface area (Å²) in [6, 6.07) is 1.95. The Bertz CT molecular complexity index is 943. The van der Waals surface area contributed by atoms with E-state index in [0.29, 0.717) is 16.3 Å². The van der Waals surface area contributed by atoms with Crippen LogP contribution in [0.1, 0.15) is 23.5 Å². The van der Waals surface area contributed by atoms with Gasteiger partial charge in [-0.25, -0.2) is 9.98 Å². The number of allylic oxidation sites excluding steroid dienone is 3. The van der Waals surface area contributed by atoms with Crippen molar-refractivity contribution in [3.63, 3.8) is 0 Å². The number of thiophene rings is 1. The molecule has 0 N–H and O–H groups in total. The van der Waals surface area contributed by atoms with Crippen LogP contribution in [0.25, 0.3) is 10.2 Å². The van der Waals surface area contributed by atoms with Gasteiger partial charge >= 0.3 is 0 Å². The summed E-state index contributed by atoms with van der Waals surface area (Å²) in [6.07, 6.45) is 9.94. The lowest BCUT2D eigenvalue weighted by molar-refractivity contribution is 0.112. The molecule has 2 aromatic heterocycles. The first kappa shape index (κ1) is 21.4. The van der Waals surface area contributed by atoms with Crippen LogP contribution < -0.4 is 4.90 Å². The van der Waals surface area contributed by atoms with Crippen LogP contribution in [0.4, 0.5) is 11.4 Å². The first-order valence-corrected chi connectivity index (χ1v) is 9.70. The first-order chi connectivity index (χ1) is 13.5. The van der Waals surface area contributed by atoms with Crippen LogP contribution in [-0.4, -0.2) is 50.3 Å². The van der Waals surface area contributed by atoms with Gasteiger partial charge in [-0.3, -0.25) is 4.79 Å². The Kier molecular flexibility index (Phi) is 7.52. The molecule has 2 aromatic rings. The molecular formula is C21H26N4O2S. The fourth-order valence-electron chi connectivity index (χ4n) is 2.58. The Labute approximate surface area is 170 Å². The highest BCUT2D eigenvalue weighted by atomic mass is 32.1. The molecule has 6 nitrogen and oxygen atoms in total. The number of likely N-dealkylation sites (N-methyl/N-ethyl adjacent to an activating group) is 1. The van der Waals surface area contributed by atoms with Crippen molar-refractivity contribution in [2.45, 2.75) is 13.8 Å². The van der Waals surface area contributed by atoms with Crippen LogP contribution in [0.5, 0.6) is 0 Å². The average Bonchev–Trinajstić information content (AvgIpc) is 3.09. The van der Waals surface area contributed by atoms with E-state index < -0.39 is 0 Å². The molecule has 2 heterocycles. The van der Waals surface area contributed by atoms with Gasteiger partial charge in [0.2, 0.25) is 0 Å². The van der Waals surface area contributed by atoms with Crippen LogP contribution >= 0.6 is 11.3 Å². The van der Waals surface area contributed by atoms with Gasteiger partial charge in [0.25, 0.3) is 0 Å². The summed E-state index contributed by atoms with van der Waals surface area (Å²) in [6.45, 7) is 8.63. The maximum Gasteiger partial charge on any atom is 0.162 e. The van der Waals surface area contributed by atoms with Gasteiger partial charge in [0.15, 0.2) is 6.29 Å². The first-order valence-electron chi connectivity index (χ1n) is 8.88. The molecule has 0 atom stereocenters. The monoisotopic (exact) mass is 398 g/mol. The quantitative estimate of drug-likeness (QED) is 0.200. The lowest BCUT2D eigenvalue weighted by Gasteiger charge is -2.18. The molecule has 0 aliphatic carbocycles. The molecule has 148 valence electrons. The van der Waals surface area contributed by atoms with Crippen molar-refractivity contribution >= 4 is 45.6 Å². The molecule has 0 amide bonds. The van der Waals surface area contributed by atoms with Crippen LogP contribution in [0.15, 0.2) is 53.5 Å². The topological polar surface area (TPSA) is 58.0 Å². The van der Waals surface area contributed by atoms with Gasteiger partial charge in [0.05, 0.1) is 35.1 Å². The molecule has 0 aromatic carbocycles. The minimum atomic E-state index is 0.564. The van der Waals surface area contributed by atoms with Gasteiger partial charge in [0, 0.05) is 32.5 Å². The number of hydrogen-bond acceptors (Lipinski definition) is 6. The number of pyridine rings is 1. The molecule has 0 fully saturated rings. The molecule has 0 spiro atoms. The zero-order valence-corrected chi connectivity index (χ0v) is 17.8. The zero-order chi connectivity index (χ0) is 20.7. The number of rotatable bonds is 9. The van der Waals surface area contributed by atoms with Crippen molar-refractivity contribution in [1.82, 2.24) is 9.88 Å². The third-order valence-electron chi connectivity index (χ3n) is 4.33. The predicted molar refractivity (Wildman–Crippen MR) is 119 cm³/mol. The van der Waals surface area contributed by atoms with E-state index in [2.05, 4.69) is 28.4 Å². The molecule has 0 bridgehead atoms. The fraction of sp³-hybridized carbons (Fsp3) is 0.286. The standard InChI is InChI=1S/C21H26N4O2S/c1-7-16(10-9-15(3)27-6)25(5)14-23-20-18(13-26)28-21-19(20)17(11-12-22-21)24(4)8-2/h7,9-14H,3,8H2,1-2,4-6H3/b10-9-,16-7+,23-14?. The number of methoxy groups -OCH3 is 1. The SMILES string of the molecule is C=C(/C=C\C(=C/C)N(C)C=Nc1c(C=O)sc2nccc(N(C)CC)c12)OC. The average molecular weight is 399 g/mol. The Morgan fingerprint density at radius 1 is 1.39 bits per heavy atom. The summed E-state index contributed by atoms with van der Waals surface area (Å²) in [5, 5.41) is 0.897. The second kappa shape index (κ2) is 9.85. The number of aromatic nitrogens is 1. The molecule has 2 rings (SSSR count). The number of anilines is 1. The maximum absolute atomic E-state index is 11.6. The highest BCUT2D eigenvalue weighted by Gasteiger charge is 2.17. The second-order valence-electron chi connectivity index (χ2n) is 6.03. The number of carbonyl (C=O) groups is 1. The van der Waals surface area contributed by atoms with E-state index in [4.69, 9.17) is 4.74 Å². The van der Waals surface area contributed by atoms with Crippen molar-refractivity contribution in [2.24, 2.45) is 4.99 Å². The van der Waals surface area contributed by atoms with E-state index in [1.54, 1.807) is 25.7 Å². The van der Waals surface area contributed by atoms with Crippen molar-refractivity contribution in [1.29, 1.82) is 0 Å². The maximum atomic E-state index is 11.6. The van der Waals surface area contributed by atoms with Gasteiger partial charge in [-0.1, -0.05) is 12.7 Å². The van der Waals surface area contributed by atoms with E-state index in [0.717, 1.165) is 34.4 Å². The van der Waals surface area contributed by atoms with E-state index >= 15 is 0 Å². The number of carbonyl (C=O) groups excluding carboxylic acids is 1. The van der Waals surface area contributed by atoms with Crippen molar-refractivity contribution in [3.8, 4) is 0 Å². The Morgan fingerprint density at radius 2 is 2.14 bits per heavy atom. The number of hydrogen-bond donors (Lipinski definition) is 0. The van der Waals surface area contributed by atoms with Crippen molar-refractivity contribution in [2.75, 3.05) is 32.6 Å². The number of ether oxygens (including phenoxy) is 1. The third-order valence-corrected chi connectivity index (χ3v) is 5.34. The smallest absolute Gasteiger partial charge is 0.162 e. The summed E-state index contributed by atoms with van der Waals surface area (Å²) in [5.41, 5.74) is 2.57. The Hall–Kier alpha value is -2.93. The van der Waals surface area contributed by atoms with Gasteiger partial charge in [0.1, 0.15) is 10.6 Å². The summed E-state index contributed by atoms with van der Waals surface area (Å²) >= 11 is 1.35. The van der Waals surface area contributed by atoms with Crippen LogP contribution in [0, 0.1) is 0 Å².